The number of alkyl halides is 2. The Labute approximate surface area is 209 Å². The fraction of sp³-hybridized carbons (Fsp3) is 0.160. The average Bonchev–Trinajstić information content (AvgIpc) is 3.43. The molecular formula is C25H20ClF2N7O. The molecule has 0 atom stereocenters. The van der Waals surface area contributed by atoms with E-state index in [2.05, 4.69) is 25.5 Å². The molecule has 11 heteroatoms. The van der Waals surface area contributed by atoms with Gasteiger partial charge in [0.2, 0.25) is 11.9 Å². The van der Waals surface area contributed by atoms with Gasteiger partial charge in [0.15, 0.2) is 5.65 Å². The number of pyridine rings is 1. The number of nitrogens with one attached hydrogen (secondary N) is 1. The normalized spacial score (nSPS) is 11.4. The highest BCUT2D eigenvalue weighted by Gasteiger charge is 2.22. The highest BCUT2D eigenvalue weighted by molar-refractivity contribution is 6.30. The second-order valence-corrected chi connectivity index (χ2v) is 8.58. The van der Waals surface area contributed by atoms with Crippen LogP contribution in [0.15, 0.2) is 67.0 Å². The van der Waals surface area contributed by atoms with Crippen LogP contribution >= 0.6 is 11.6 Å². The Kier molecular flexibility index (Phi) is 6.43. The Morgan fingerprint density at radius 1 is 1.08 bits per heavy atom. The minimum absolute atomic E-state index is 0.119. The van der Waals surface area contributed by atoms with Crippen molar-refractivity contribution in [3.63, 3.8) is 0 Å². The van der Waals surface area contributed by atoms with Gasteiger partial charge < -0.3 is 0 Å². The first-order valence-electron chi connectivity index (χ1n) is 11.0. The number of rotatable bonds is 7. The lowest BCUT2D eigenvalue weighted by molar-refractivity contribution is -0.116. The summed E-state index contributed by atoms with van der Waals surface area (Å²) in [5, 5.41) is 12.1. The van der Waals surface area contributed by atoms with Gasteiger partial charge in [0, 0.05) is 16.1 Å². The molecule has 0 aliphatic heterocycles. The third-order valence-corrected chi connectivity index (χ3v) is 5.80. The van der Waals surface area contributed by atoms with E-state index in [0.29, 0.717) is 28.5 Å². The topological polar surface area (TPSA) is 90.5 Å². The summed E-state index contributed by atoms with van der Waals surface area (Å²) in [6.07, 6.45) is -1.22. The molecule has 0 unspecified atom stereocenters. The van der Waals surface area contributed by atoms with Crippen LogP contribution in [0.4, 0.5) is 14.7 Å². The monoisotopic (exact) mass is 507 g/mol. The number of carbonyl (C=O) groups excluding carboxylic acids is 1. The number of hydrogen-bond donors (Lipinski definition) is 1. The maximum Gasteiger partial charge on any atom is 0.264 e. The molecule has 1 amide bonds. The third-order valence-electron chi connectivity index (χ3n) is 5.55. The lowest BCUT2D eigenvalue weighted by Gasteiger charge is -2.08. The van der Waals surface area contributed by atoms with Gasteiger partial charge in [-0.1, -0.05) is 54.1 Å². The molecule has 182 valence electrons. The summed E-state index contributed by atoms with van der Waals surface area (Å²) in [4.78, 5) is 21.5. The van der Waals surface area contributed by atoms with Crippen molar-refractivity contribution in [3.05, 3.63) is 88.8 Å². The van der Waals surface area contributed by atoms with E-state index in [9.17, 15) is 13.6 Å². The van der Waals surface area contributed by atoms with Crippen molar-refractivity contribution in [1.29, 1.82) is 0 Å². The van der Waals surface area contributed by atoms with Gasteiger partial charge in [0.05, 0.1) is 23.3 Å². The van der Waals surface area contributed by atoms with Crippen LogP contribution in [0.1, 0.15) is 23.2 Å². The van der Waals surface area contributed by atoms with Crippen LogP contribution < -0.4 is 5.32 Å². The molecule has 0 aliphatic rings. The van der Waals surface area contributed by atoms with Crippen LogP contribution in [-0.4, -0.2) is 35.4 Å². The predicted octanol–water partition coefficient (Wildman–Crippen LogP) is 5.28. The van der Waals surface area contributed by atoms with Gasteiger partial charge in [0.25, 0.3) is 6.43 Å². The molecule has 0 aliphatic carbocycles. The molecule has 0 bridgehead atoms. The molecule has 8 nitrogen and oxygen atoms in total. The van der Waals surface area contributed by atoms with E-state index in [4.69, 9.17) is 11.6 Å². The fourth-order valence-corrected chi connectivity index (χ4v) is 4.06. The standard InChI is InChI=1S/C25H20ClF2N7O/c1-15-22-19(23(27)28)11-20(17-5-3-2-4-6-17)30-24(22)35(32-15)13-21(36)31-25-29-14-34(33-25)12-16-7-9-18(26)10-8-16/h2-11,14,23H,12-13H2,1H3,(H,31,33,36). The predicted molar refractivity (Wildman–Crippen MR) is 132 cm³/mol. The largest absolute Gasteiger partial charge is 0.292 e. The molecule has 3 aromatic heterocycles. The van der Waals surface area contributed by atoms with Crippen molar-refractivity contribution in [1.82, 2.24) is 29.5 Å². The Morgan fingerprint density at radius 2 is 1.83 bits per heavy atom. The molecule has 5 aromatic rings. The summed E-state index contributed by atoms with van der Waals surface area (Å²) < 4.78 is 30.8. The van der Waals surface area contributed by atoms with E-state index in [1.165, 1.54) is 17.1 Å². The summed E-state index contributed by atoms with van der Waals surface area (Å²) in [7, 11) is 0. The Bertz CT molecular complexity index is 1530. The quantitative estimate of drug-likeness (QED) is 0.324. The molecule has 0 fully saturated rings. The first-order chi connectivity index (χ1) is 17.4. The molecular weight excluding hydrogens is 488 g/mol. The molecule has 0 spiro atoms. The summed E-state index contributed by atoms with van der Waals surface area (Å²) in [5.41, 5.74) is 2.43. The van der Waals surface area contributed by atoms with Crippen LogP contribution in [0.3, 0.4) is 0 Å². The first-order valence-corrected chi connectivity index (χ1v) is 11.4. The van der Waals surface area contributed by atoms with E-state index >= 15 is 0 Å². The Balaban J connectivity index is 1.38. The van der Waals surface area contributed by atoms with Crippen LogP contribution in [0, 0.1) is 6.92 Å². The lowest BCUT2D eigenvalue weighted by atomic mass is 10.1. The second kappa shape index (κ2) is 9.82. The van der Waals surface area contributed by atoms with Crippen molar-refractivity contribution in [2.45, 2.75) is 26.4 Å². The number of carbonyl (C=O) groups is 1. The average molecular weight is 508 g/mol. The summed E-state index contributed by atoms with van der Waals surface area (Å²) >= 11 is 5.91. The summed E-state index contributed by atoms with van der Waals surface area (Å²) in [5.74, 6) is -0.345. The number of nitrogens with zero attached hydrogens (tertiary/aromatic N) is 6. The number of aryl methyl sites for hydroxylation is 1. The SMILES string of the molecule is Cc1nn(CC(=O)Nc2ncn(Cc3ccc(Cl)cc3)n2)c2nc(-c3ccccc3)cc(C(F)F)c12. The maximum absolute atomic E-state index is 13.9. The molecule has 2 aromatic carbocycles. The highest BCUT2D eigenvalue weighted by atomic mass is 35.5. The van der Waals surface area contributed by atoms with E-state index in [0.717, 1.165) is 5.56 Å². The van der Waals surface area contributed by atoms with Crippen molar-refractivity contribution in [2.24, 2.45) is 0 Å². The van der Waals surface area contributed by atoms with Crippen molar-refractivity contribution < 1.29 is 13.6 Å². The molecule has 0 saturated heterocycles. The molecule has 5 rings (SSSR count). The van der Waals surface area contributed by atoms with Crippen LogP contribution in [0.25, 0.3) is 22.3 Å². The van der Waals surface area contributed by atoms with Gasteiger partial charge in [-0.05, 0) is 30.7 Å². The van der Waals surface area contributed by atoms with Gasteiger partial charge in [-0.25, -0.2) is 28.1 Å². The fourth-order valence-electron chi connectivity index (χ4n) is 3.93. The number of amides is 1. The zero-order valence-corrected chi connectivity index (χ0v) is 19.8. The van der Waals surface area contributed by atoms with Gasteiger partial charge in [-0.2, -0.15) is 5.10 Å². The Hall–Kier alpha value is -4.18. The minimum Gasteiger partial charge on any atom is -0.292 e. The van der Waals surface area contributed by atoms with Crippen LogP contribution in [0.5, 0.6) is 0 Å². The minimum atomic E-state index is -2.73. The van der Waals surface area contributed by atoms with E-state index < -0.39 is 12.3 Å². The van der Waals surface area contributed by atoms with Crippen LogP contribution in [-0.2, 0) is 17.9 Å². The van der Waals surface area contributed by atoms with Crippen LogP contribution in [0.2, 0.25) is 5.02 Å². The van der Waals surface area contributed by atoms with Gasteiger partial charge in [-0.15, -0.1) is 5.10 Å². The third kappa shape index (κ3) is 4.94. The molecule has 36 heavy (non-hydrogen) atoms. The molecule has 1 N–H and O–H groups in total. The van der Waals surface area contributed by atoms with Crippen molar-refractivity contribution in [2.75, 3.05) is 5.32 Å². The summed E-state index contributed by atoms with van der Waals surface area (Å²) in [6.45, 7) is 1.82. The highest BCUT2D eigenvalue weighted by Crippen LogP contribution is 2.33. The molecule has 3 heterocycles. The molecule has 0 saturated carbocycles. The van der Waals surface area contributed by atoms with Crippen molar-refractivity contribution in [3.8, 4) is 11.3 Å². The second-order valence-electron chi connectivity index (χ2n) is 8.15. The van der Waals surface area contributed by atoms with E-state index in [1.54, 1.807) is 48.0 Å². The first kappa shape index (κ1) is 23.6. The van der Waals surface area contributed by atoms with Gasteiger partial charge >= 0.3 is 0 Å². The lowest BCUT2D eigenvalue weighted by Crippen LogP contribution is -2.20. The molecule has 0 radical (unpaired) electrons. The number of fused-ring (bicyclic) bond motifs is 1. The summed E-state index contributed by atoms with van der Waals surface area (Å²) in [6, 6.07) is 17.7. The number of halogens is 3. The van der Waals surface area contributed by atoms with E-state index in [-0.39, 0.29) is 29.1 Å². The Morgan fingerprint density at radius 3 is 2.56 bits per heavy atom. The number of benzene rings is 2. The van der Waals surface area contributed by atoms with E-state index in [1.807, 2.05) is 18.2 Å². The van der Waals surface area contributed by atoms with Gasteiger partial charge in [0.1, 0.15) is 12.9 Å². The number of anilines is 1. The van der Waals surface area contributed by atoms with Gasteiger partial charge in [-0.3, -0.25) is 10.1 Å². The number of hydrogen-bond acceptors (Lipinski definition) is 5. The number of aromatic nitrogens is 6. The van der Waals surface area contributed by atoms with Crippen molar-refractivity contribution >= 4 is 34.5 Å². The smallest absolute Gasteiger partial charge is 0.264 e. The zero-order valence-electron chi connectivity index (χ0n) is 19.1. The maximum atomic E-state index is 13.9. The zero-order chi connectivity index (χ0) is 25.2.